The van der Waals surface area contributed by atoms with E-state index in [1.54, 1.807) is 24.3 Å². The van der Waals surface area contributed by atoms with Crippen LogP contribution in [0.3, 0.4) is 0 Å². The van der Waals surface area contributed by atoms with E-state index in [1.165, 1.54) is 0 Å². The summed E-state index contributed by atoms with van der Waals surface area (Å²) in [4.78, 5) is 9.00. The van der Waals surface area contributed by atoms with Gasteiger partial charge in [0.2, 0.25) is 0 Å². The van der Waals surface area contributed by atoms with E-state index in [-0.39, 0.29) is 31.0 Å². The van der Waals surface area contributed by atoms with Crippen LogP contribution in [0.15, 0.2) is 60.7 Å². The van der Waals surface area contributed by atoms with E-state index in [4.69, 9.17) is 0 Å². The zero-order valence-corrected chi connectivity index (χ0v) is 18.0. The molecule has 0 fully saturated rings. The van der Waals surface area contributed by atoms with E-state index >= 15 is 0 Å². The van der Waals surface area contributed by atoms with E-state index in [9.17, 15) is 10.2 Å². The van der Waals surface area contributed by atoms with Gasteiger partial charge in [-0.15, -0.1) is 0 Å². The molecule has 27 heavy (non-hydrogen) atoms. The molecule has 0 bridgehead atoms. The minimum atomic E-state index is -0.0295. The quantitative estimate of drug-likeness (QED) is 0.375. The molecule has 5 heteroatoms. The number of benzene rings is 2. The second kappa shape index (κ2) is 8.45. The van der Waals surface area contributed by atoms with Crippen molar-refractivity contribution in [3.8, 4) is 11.5 Å². The standard InChI is InChI=1S/C22H20N2O2.Zn/c25-19-9-3-5-15-11-13-17(23-21(15)19)7-1-2-8-18-14-12-16-6-4-10-20(26)22(16)24-18;/h3-6,9-14,25-26H,1-2,7-8H2;/q;+2/p-2. The zero-order valence-electron chi connectivity index (χ0n) is 15.0. The van der Waals surface area contributed by atoms with Crippen molar-refractivity contribution >= 4 is 21.8 Å². The first-order valence-corrected chi connectivity index (χ1v) is 8.82. The second-order valence-corrected chi connectivity index (χ2v) is 6.47. The molecule has 0 spiro atoms. The van der Waals surface area contributed by atoms with Gasteiger partial charge in [0.1, 0.15) is 0 Å². The summed E-state index contributed by atoms with van der Waals surface area (Å²) in [6.45, 7) is 0. The molecule has 0 saturated heterocycles. The molecule has 4 nitrogen and oxygen atoms in total. The predicted molar refractivity (Wildman–Crippen MR) is 99.0 cm³/mol. The molecule has 4 rings (SSSR count). The number of rotatable bonds is 5. The predicted octanol–water partition coefficient (Wildman–Crippen LogP) is 3.49. The van der Waals surface area contributed by atoms with Gasteiger partial charge in [-0.3, -0.25) is 9.97 Å². The maximum atomic E-state index is 11.9. The monoisotopic (exact) mass is 406 g/mol. The number of hydrogen-bond donors (Lipinski definition) is 0. The number of nitrogens with zero attached hydrogens (tertiary/aromatic N) is 2. The summed E-state index contributed by atoms with van der Waals surface area (Å²) in [6.07, 6.45) is 3.56. The molecule has 0 unspecified atom stereocenters. The molecule has 4 aromatic rings. The third-order valence-corrected chi connectivity index (χ3v) is 4.60. The Labute approximate surface area is 170 Å². The number of aryl methyl sites for hydroxylation is 2. The Morgan fingerprint density at radius 3 is 1.48 bits per heavy atom. The molecule has 0 N–H and O–H groups in total. The fourth-order valence-corrected chi connectivity index (χ4v) is 3.21. The molecule has 0 radical (unpaired) electrons. The molecule has 0 saturated carbocycles. The molecule has 0 amide bonds. The first kappa shape index (κ1) is 19.3. The van der Waals surface area contributed by atoms with E-state index in [0.29, 0.717) is 11.0 Å². The van der Waals surface area contributed by atoms with Gasteiger partial charge in [-0.25, -0.2) is 0 Å². The van der Waals surface area contributed by atoms with Crippen molar-refractivity contribution in [1.29, 1.82) is 0 Å². The van der Waals surface area contributed by atoms with Gasteiger partial charge >= 0.3 is 19.5 Å². The fourth-order valence-electron chi connectivity index (χ4n) is 3.21. The third-order valence-electron chi connectivity index (χ3n) is 4.60. The molecule has 0 aliphatic rings. The average Bonchev–Trinajstić information content (AvgIpc) is 2.66. The number of para-hydroxylation sites is 2. The van der Waals surface area contributed by atoms with Gasteiger partial charge in [0, 0.05) is 11.4 Å². The van der Waals surface area contributed by atoms with Gasteiger partial charge in [-0.2, -0.15) is 0 Å². The Morgan fingerprint density at radius 2 is 1.04 bits per heavy atom. The SMILES string of the molecule is [O-]c1cccc2ccc(CCCCc3ccc4cccc([O-])c4n3)nc12.[Zn+2]. The van der Waals surface area contributed by atoms with Crippen LogP contribution < -0.4 is 10.2 Å². The third kappa shape index (κ3) is 4.25. The molecule has 0 atom stereocenters. The molecule has 2 heterocycles. The number of unbranched alkanes of at least 4 members (excludes halogenated alkanes) is 1. The first-order valence-electron chi connectivity index (χ1n) is 8.82. The normalized spacial score (nSPS) is 10.8. The smallest absolute Gasteiger partial charge is 0.871 e. The van der Waals surface area contributed by atoms with Gasteiger partial charge in [0.25, 0.3) is 0 Å². The van der Waals surface area contributed by atoms with Crippen molar-refractivity contribution in [1.82, 2.24) is 9.97 Å². The molecule has 130 valence electrons. The Kier molecular flexibility index (Phi) is 6.02. The van der Waals surface area contributed by atoms with Crippen molar-refractivity contribution in [2.75, 3.05) is 0 Å². The number of hydrogen-bond acceptors (Lipinski definition) is 4. The Balaban J connectivity index is 0.00000210. The molecule has 2 aromatic heterocycles. The van der Waals surface area contributed by atoms with Crippen molar-refractivity contribution < 1.29 is 29.7 Å². The van der Waals surface area contributed by atoms with Crippen LogP contribution >= 0.6 is 0 Å². The maximum Gasteiger partial charge on any atom is 2.00 e. The van der Waals surface area contributed by atoms with Gasteiger partial charge in [-0.1, -0.05) is 60.0 Å². The fraction of sp³-hybridized carbons (Fsp3) is 0.182. The molecule has 0 aliphatic heterocycles. The van der Waals surface area contributed by atoms with Crippen LogP contribution in [0.1, 0.15) is 24.2 Å². The van der Waals surface area contributed by atoms with Gasteiger partial charge in [-0.05, 0) is 48.6 Å². The van der Waals surface area contributed by atoms with E-state index in [1.807, 2.05) is 36.4 Å². The largest absolute Gasteiger partial charge is 2.00 e. The zero-order chi connectivity index (χ0) is 17.9. The van der Waals surface area contributed by atoms with Crippen LogP contribution in [0, 0.1) is 0 Å². The van der Waals surface area contributed by atoms with Crippen molar-refractivity contribution in [2.45, 2.75) is 25.7 Å². The van der Waals surface area contributed by atoms with E-state index in [0.717, 1.165) is 47.8 Å². The molecule has 0 aliphatic carbocycles. The summed E-state index contributed by atoms with van der Waals surface area (Å²) < 4.78 is 0. The van der Waals surface area contributed by atoms with Gasteiger partial charge in [0.15, 0.2) is 0 Å². The summed E-state index contributed by atoms with van der Waals surface area (Å²) in [5, 5.41) is 25.5. The van der Waals surface area contributed by atoms with Crippen molar-refractivity contribution in [3.63, 3.8) is 0 Å². The maximum absolute atomic E-state index is 11.9. The summed E-state index contributed by atoms with van der Waals surface area (Å²) in [6, 6.07) is 18.3. The Morgan fingerprint density at radius 1 is 0.593 bits per heavy atom. The summed E-state index contributed by atoms with van der Waals surface area (Å²) in [5.41, 5.74) is 2.97. The van der Waals surface area contributed by atoms with Crippen molar-refractivity contribution in [3.05, 3.63) is 72.1 Å². The summed E-state index contributed by atoms with van der Waals surface area (Å²) in [5.74, 6) is -0.0590. The molecular formula is C22H18N2O2Zn. The molecular weight excluding hydrogens is 390 g/mol. The van der Waals surface area contributed by atoms with Crippen LogP contribution in [0.5, 0.6) is 11.5 Å². The minimum Gasteiger partial charge on any atom is -0.871 e. The average molecular weight is 408 g/mol. The first-order chi connectivity index (χ1) is 12.7. The number of fused-ring (bicyclic) bond motifs is 2. The van der Waals surface area contributed by atoms with Gasteiger partial charge < -0.3 is 10.2 Å². The van der Waals surface area contributed by atoms with E-state index < -0.39 is 0 Å². The van der Waals surface area contributed by atoms with Crippen LogP contribution in [0.4, 0.5) is 0 Å². The van der Waals surface area contributed by atoms with Crippen LogP contribution in [-0.2, 0) is 32.3 Å². The molecule has 2 aromatic carbocycles. The van der Waals surface area contributed by atoms with Gasteiger partial charge in [0.05, 0.1) is 11.0 Å². The Hall–Kier alpha value is -2.52. The Bertz CT molecular complexity index is 995. The number of pyridine rings is 2. The van der Waals surface area contributed by atoms with Crippen molar-refractivity contribution in [2.24, 2.45) is 0 Å². The van der Waals surface area contributed by atoms with Crippen LogP contribution in [0.2, 0.25) is 0 Å². The number of aromatic nitrogens is 2. The van der Waals surface area contributed by atoms with E-state index in [2.05, 4.69) is 9.97 Å². The summed E-state index contributed by atoms with van der Waals surface area (Å²) >= 11 is 0. The topological polar surface area (TPSA) is 71.9 Å². The second-order valence-electron chi connectivity index (χ2n) is 6.47. The van der Waals surface area contributed by atoms with Crippen LogP contribution in [0.25, 0.3) is 21.8 Å². The summed E-state index contributed by atoms with van der Waals surface area (Å²) in [7, 11) is 0. The minimum absolute atomic E-state index is 0. The van der Waals surface area contributed by atoms with Crippen LogP contribution in [-0.4, -0.2) is 9.97 Å².